The summed E-state index contributed by atoms with van der Waals surface area (Å²) < 4.78 is 12.6. The van der Waals surface area contributed by atoms with Crippen molar-refractivity contribution in [1.29, 1.82) is 0 Å². The van der Waals surface area contributed by atoms with Crippen molar-refractivity contribution in [2.24, 2.45) is 0 Å². The number of nitrogens with zero attached hydrogens (tertiary/aromatic N) is 4. The molecule has 0 saturated heterocycles. The largest absolute Gasteiger partial charge is 0.497 e. The summed E-state index contributed by atoms with van der Waals surface area (Å²) in [6.45, 7) is 0.659. The first-order valence-electron chi connectivity index (χ1n) is 10.5. The maximum Gasteiger partial charge on any atom is 0.231 e. The number of ether oxygens (including phenoxy) is 2. The number of amides is 1. The molecule has 3 heterocycles. The van der Waals surface area contributed by atoms with Gasteiger partial charge in [-0.05, 0) is 42.0 Å². The van der Waals surface area contributed by atoms with E-state index in [9.17, 15) is 4.79 Å². The fraction of sp³-hybridized carbons (Fsp3) is 0.167. The van der Waals surface area contributed by atoms with Crippen LogP contribution in [0.4, 0.5) is 0 Å². The van der Waals surface area contributed by atoms with Crippen molar-refractivity contribution in [2.45, 2.75) is 6.42 Å². The molecule has 0 radical (unpaired) electrons. The third kappa shape index (κ3) is 4.33. The van der Waals surface area contributed by atoms with Crippen LogP contribution in [0.5, 0.6) is 11.6 Å². The van der Waals surface area contributed by atoms with Crippen LogP contribution in [0.3, 0.4) is 0 Å². The summed E-state index contributed by atoms with van der Waals surface area (Å²) in [5.74, 6) is 1.72. The molecule has 9 nitrogen and oxygen atoms in total. The Balaban J connectivity index is 1.19. The third-order valence-electron chi connectivity index (χ3n) is 5.29. The van der Waals surface area contributed by atoms with Gasteiger partial charge >= 0.3 is 0 Å². The molecule has 33 heavy (non-hydrogen) atoms. The molecule has 1 amide bonds. The van der Waals surface area contributed by atoms with Gasteiger partial charge < -0.3 is 19.8 Å². The van der Waals surface area contributed by atoms with Gasteiger partial charge in [0.15, 0.2) is 11.5 Å². The van der Waals surface area contributed by atoms with Crippen LogP contribution >= 0.6 is 0 Å². The van der Waals surface area contributed by atoms with Crippen LogP contribution in [-0.4, -0.2) is 51.0 Å². The Hall–Kier alpha value is -4.40. The van der Waals surface area contributed by atoms with Gasteiger partial charge in [0.1, 0.15) is 12.4 Å². The van der Waals surface area contributed by atoms with Gasteiger partial charge in [0.2, 0.25) is 11.8 Å². The van der Waals surface area contributed by atoms with Crippen molar-refractivity contribution in [2.75, 3.05) is 20.3 Å². The topological polar surface area (TPSA) is 106 Å². The summed E-state index contributed by atoms with van der Waals surface area (Å²) in [6, 6.07) is 18.9. The molecule has 3 aromatic heterocycles. The third-order valence-corrected chi connectivity index (χ3v) is 5.29. The molecular weight excluding hydrogens is 420 g/mol. The summed E-state index contributed by atoms with van der Waals surface area (Å²) >= 11 is 0. The molecule has 0 bridgehead atoms. The maximum atomic E-state index is 12.3. The second-order valence-electron chi connectivity index (χ2n) is 7.43. The minimum absolute atomic E-state index is 0.0626. The standard InChI is InChI=1S/C24H22N6O3/c1-32-18-8-6-16(7-9-18)24-28-27-21-10-11-23(29-30(21)24)33-13-12-25-22(31)14-17-15-26-20-5-3-2-4-19(17)20/h2-11,15,26H,12-14H2,1H3,(H,25,31). The molecule has 0 spiro atoms. The SMILES string of the molecule is COc1ccc(-c2nnc3ccc(OCCNC(=O)Cc4c[nH]c5ccccc45)nn23)cc1. The number of fused-ring (bicyclic) bond motifs is 2. The van der Waals surface area contributed by atoms with Crippen molar-refractivity contribution in [3.05, 3.63) is 72.4 Å². The number of hydrogen-bond donors (Lipinski definition) is 2. The summed E-state index contributed by atoms with van der Waals surface area (Å²) in [6.07, 6.45) is 2.18. The first kappa shape index (κ1) is 20.5. The van der Waals surface area contributed by atoms with Crippen LogP contribution in [0.1, 0.15) is 5.56 Å². The van der Waals surface area contributed by atoms with E-state index in [-0.39, 0.29) is 12.5 Å². The van der Waals surface area contributed by atoms with Gasteiger partial charge in [-0.25, -0.2) is 0 Å². The van der Waals surface area contributed by atoms with Crippen LogP contribution in [0.25, 0.3) is 27.9 Å². The van der Waals surface area contributed by atoms with E-state index < -0.39 is 0 Å². The molecule has 0 unspecified atom stereocenters. The van der Waals surface area contributed by atoms with E-state index in [0.717, 1.165) is 27.8 Å². The van der Waals surface area contributed by atoms with Crippen molar-refractivity contribution in [3.8, 4) is 23.0 Å². The second kappa shape index (κ2) is 8.99. The molecule has 166 valence electrons. The van der Waals surface area contributed by atoms with E-state index in [0.29, 0.717) is 30.3 Å². The number of para-hydroxylation sites is 1. The number of carbonyl (C=O) groups is 1. The number of benzene rings is 2. The number of hydrogen-bond acceptors (Lipinski definition) is 6. The van der Waals surface area contributed by atoms with Crippen LogP contribution in [0.15, 0.2) is 66.9 Å². The van der Waals surface area contributed by atoms with Gasteiger partial charge in [-0.1, -0.05) is 18.2 Å². The van der Waals surface area contributed by atoms with E-state index in [2.05, 4.69) is 25.6 Å². The van der Waals surface area contributed by atoms with Crippen molar-refractivity contribution in [3.63, 3.8) is 0 Å². The molecule has 0 atom stereocenters. The van der Waals surface area contributed by atoms with Gasteiger partial charge in [-0.2, -0.15) is 4.52 Å². The quantitative estimate of drug-likeness (QED) is 0.358. The molecule has 0 fully saturated rings. The zero-order valence-corrected chi connectivity index (χ0v) is 18.0. The van der Waals surface area contributed by atoms with Gasteiger partial charge in [0.05, 0.1) is 20.1 Å². The van der Waals surface area contributed by atoms with Crippen LogP contribution in [-0.2, 0) is 11.2 Å². The summed E-state index contributed by atoms with van der Waals surface area (Å²) in [4.78, 5) is 15.5. The smallest absolute Gasteiger partial charge is 0.231 e. The lowest BCUT2D eigenvalue weighted by Crippen LogP contribution is -2.29. The molecule has 2 N–H and O–H groups in total. The molecular formula is C24H22N6O3. The van der Waals surface area contributed by atoms with Gasteiger partial charge in [-0.15, -0.1) is 15.3 Å². The fourth-order valence-electron chi connectivity index (χ4n) is 3.63. The summed E-state index contributed by atoms with van der Waals surface area (Å²) in [5, 5.41) is 16.8. The average molecular weight is 442 g/mol. The molecule has 0 aliphatic rings. The number of H-pyrrole nitrogens is 1. The highest BCUT2D eigenvalue weighted by molar-refractivity contribution is 5.88. The van der Waals surface area contributed by atoms with Crippen molar-refractivity contribution < 1.29 is 14.3 Å². The molecule has 2 aromatic carbocycles. The Kier molecular flexibility index (Phi) is 5.59. The lowest BCUT2D eigenvalue weighted by molar-refractivity contribution is -0.120. The van der Waals surface area contributed by atoms with E-state index in [4.69, 9.17) is 9.47 Å². The zero-order chi connectivity index (χ0) is 22.6. The van der Waals surface area contributed by atoms with Gasteiger partial charge in [-0.3, -0.25) is 4.79 Å². The van der Waals surface area contributed by atoms with E-state index in [1.54, 1.807) is 23.8 Å². The number of methoxy groups -OCH3 is 1. The van der Waals surface area contributed by atoms with Crippen LogP contribution < -0.4 is 14.8 Å². The molecule has 0 saturated carbocycles. The van der Waals surface area contributed by atoms with Gasteiger partial charge in [0, 0.05) is 28.7 Å². The molecule has 0 aliphatic carbocycles. The molecule has 0 aliphatic heterocycles. The predicted octanol–water partition coefficient (Wildman–Crippen LogP) is 3.02. The van der Waals surface area contributed by atoms with Crippen molar-refractivity contribution >= 4 is 22.5 Å². The molecule has 5 rings (SSSR count). The Labute approximate surface area is 189 Å². The number of rotatable bonds is 8. The van der Waals surface area contributed by atoms with E-state index in [1.807, 2.05) is 54.7 Å². The highest BCUT2D eigenvalue weighted by Gasteiger charge is 2.11. The summed E-state index contributed by atoms with van der Waals surface area (Å²) in [5.41, 5.74) is 3.46. The Morgan fingerprint density at radius 2 is 1.91 bits per heavy atom. The number of aromatic amines is 1. The highest BCUT2D eigenvalue weighted by Crippen LogP contribution is 2.22. The van der Waals surface area contributed by atoms with E-state index in [1.165, 1.54) is 0 Å². The van der Waals surface area contributed by atoms with Crippen molar-refractivity contribution in [1.82, 2.24) is 30.1 Å². The average Bonchev–Trinajstić information content (AvgIpc) is 3.46. The van der Waals surface area contributed by atoms with Crippen LogP contribution in [0.2, 0.25) is 0 Å². The monoisotopic (exact) mass is 442 g/mol. The predicted molar refractivity (Wildman–Crippen MR) is 123 cm³/mol. The lowest BCUT2D eigenvalue weighted by Gasteiger charge is -2.08. The second-order valence-corrected chi connectivity index (χ2v) is 7.43. The first-order valence-corrected chi connectivity index (χ1v) is 10.5. The number of nitrogens with one attached hydrogen (secondary N) is 2. The molecule has 5 aromatic rings. The Morgan fingerprint density at radius 3 is 2.76 bits per heavy atom. The Bertz CT molecular complexity index is 1410. The van der Waals surface area contributed by atoms with Gasteiger partial charge in [0.25, 0.3) is 0 Å². The normalized spacial score (nSPS) is 11.1. The fourth-order valence-corrected chi connectivity index (χ4v) is 3.63. The maximum absolute atomic E-state index is 12.3. The number of carbonyl (C=O) groups excluding carboxylic acids is 1. The van der Waals surface area contributed by atoms with Crippen LogP contribution in [0, 0.1) is 0 Å². The highest BCUT2D eigenvalue weighted by atomic mass is 16.5. The minimum atomic E-state index is -0.0626. The lowest BCUT2D eigenvalue weighted by atomic mass is 10.1. The van der Waals surface area contributed by atoms with E-state index >= 15 is 0 Å². The zero-order valence-electron chi connectivity index (χ0n) is 18.0. The minimum Gasteiger partial charge on any atom is -0.497 e. The Morgan fingerprint density at radius 1 is 1.06 bits per heavy atom. The first-order chi connectivity index (χ1) is 16.2. The molecule has 9 heteroatoms. The number of aromatic nitrogens is 5. The summed E-state index contributed by atoms with van der Waals surface area (Å²) in [7, 11) is 1.62.